The molecule has 1 aromatic heterocycles. The smallest absolute Gasteiger partial charge is 0.257 e. The third-order valence-corrected chi connectivity index (χ3v) is 6.55. The Morgan fingerprint density at radius 2 is 1.91 bits per heavy atom. The number of carbonyl (C=O) groups is 1. The van der Waals surface area contributed by atoms with Crippen LogP contribution in [0.1, 0.15) is 22.8 Å². The summed E-state index contributed by atoms with van der Waals surface area (Å²) in [6, 6.07) is 19.2. The molecule has 2 N–H and O–H groups in total. The highest BCUT2D eigenvalue weighted by atomic mass is 79.9. The fraction of sp³-hybridized carbons (Fsp3) is 0.125. The van der Waals surface area contributed by atoms with Crippen molar-refractivity contribution in [2.45, 2.75) is 13.8 Å². The van der Waals surface area contributed by atoms with Crippen molar-refractivity contribution in [3.05, 3.63) is 76.3 Å². The first kappa shape index (κ1) is 22.4. The van der Waals surface area contributed by atoms with E-state index < -0.39 is 0 Å². The van der Waals surface area contributed by atoms with Crippen molar-refractivity contribution >= 4 is 66.4 Å². The van der Waals surface area contributed by atoms with Gasteiger partial charge in [-0.1, -0.05) is 6.07 Å². The van der Waals surface area contributed by atoms with Crippen LogP contribution in [0.15, 0.2) is 65.1 Å². The van der Waals surface area contributed by atoms with Gasteiger partial charge in [0.2, 0.25) is 0 Å². The van der Waals surface area contributed by atoms with E-state index in [0.29, 0.717) is 22.4 Å². The molecule has 162 valence electrons. The molecule has 5 nitrogen and oxygen atoms in total. The summed E-state index contributed by atoms with van der Waals surface area (Å²) in [5.41, 5.74) is 4.52. The molecule has 0 aliphatic rings. The number of thiocarbonyl (C=S) groups is 1. The Labute approximate surface area is 204 Å². The minimum absolute atomic E-state index is 0.225. The van der Waals surface area contributed by atoms with E-state index in [2.05, 4.69) is 45.6 Å². The van der Waals surface area contributed by atoms with E-state index in [9.17, 15) is 4.79 Å². The second-order valence-corrected chi connectivity index (χ2v) is 9.35. The number of hydrogen-bond acceptors (Lipinski definition) is 5. The van der Waals surface area contributed by atoms with Gasteiger partial charge in [-0.3, -0.25) is 10.1 Å². The predicted molar refractivity (Wildman–Crippen MR) is 139 cm³/mol. The molecule has 4 aromatic rings. The zero-order chi connectivity index (χ0) is 22.7. The molecule has 0 fully saturated rings. The van der Waals surface area contributed by atoms with E-state index in [1.807, 2.05) is 37.3 Å². The van der Waals surface area contributed by atoms with Gasteiger partial charge < -0.3 is 10.1 Å². The number of nitrogens with zero attached hydrogens (tertiary/aromatic N) is 1. The number of halogens is 1. The molecule has 1 amide bonds. The molecule has 4 rings (SSSR count). The van der Waals surface area contributed by atoms with Crippen LogP contribution in [0.4, 0.5) is 5.69 Å². The van der Waals surface area contributed by atoms with Crippen molar-refractivity contribution in [3.63, 3.8) is 0 Å². The Morgan fingerprint density at radius 1 is 1.12 bits per heavy atom. The van der Waals surface area contributed by atoms with Crippen LogP contribution in [-0.4, -0.2) is 22.6 Å². The van der Waals surface area contributed by atoms with Crippen molar-refractivity contribution in [1.29, 1.82) is 0 Å². The van der Waals surface area contributed by atoms with E-state index in [1.165, 1.54) is 10.3 Å². The van der Waals surface area contributed by atoms with Gasteiger partial charge in [0.25, 0.3) is 5.91 Å². The predicted octanol–water partition coefficient (Wildman–Crippen LogP) is 6.56. The van der Waals surface area contributed by atoms with Crippen molar-refractivity contribution in [3.8, 4) is 16.3 Å². The van der Waals surface area contributed by atoms with Gasteiger partial charge in [0.1, 0.15) is 10.8 Å². The standard InChI is InChI=1S/C24H20BrN3O2S2/c1-3-30-20-11-7-16(13-18(20)25)22(29)28-24(31)26-17-8-5-15(6-9-17)23-27-19-10-4-14(2)12-21(19)32-23/h4-13H,3H2,1-2H3,(H2,26,28,29,31). The number of nitrogens with one attached hydrogen (secondary N) is 2. The summed E-state index contributed by atoms with van der Waals surface area (Å²) in [7, 11) is 0. The summed E-state index contributed by atoms with van der Waals surface area (Å²) < 4.78 is 7.36. The van der Waals surface area contributed by atoms with Crippen molar-refractivity contribution in [1.82, 2.24) is 10.3 Å². The zero-order valence-corrected chi connectivity index (χ0v) is 20.7. The number of anilines is 1. The minimum Gasteiger partial charge on any atom is -0.493 e. The molecule has 0 spiro atoms. The van der Waals surface area contributed by atoms with Gasteiger partial charge in [-0.05, 0) is 102 Å². The summed E-state index contributed by atoms with van der Waals surface area (Å²) in [5.74, 6) is 0.390. The lowest BCUT2D eigenvalue weighted by molar-refractivity contribution is 0.0977. The fourth-order valence-electron chi connectivity index (χ4n) is 3.10. The summed E-state index contributed by atoms with van der Waals surface area (Å²) in [6.45, 7) is 4.54. The fourth-order valence-corrected chi connectivity index (χ4v) is 4.88. The Morgan fingerprint density at radius 3 is 2.62 bits per heavy atom. The van der Waals surface area contributed by atoms with Crippen LogP contribution >= 0.6 is 39.5 Å². The summed E-state index contributed by atoms with van der Waals surface area (Å²) in [6.07, 6.45) is 0. The Balaban J connectivity index is 1.40. The maximum Gasteiger partial charge on any atom is 0.257 e. The number of ether oxygens (including phenoxy) is 1. The van der Waals surface area contributed by atoms with Gasteiger partial charge in [0.15, 0.2) is 5.11 Å². The first-order valence-corrected chi connectivity index (χ1v) is 12.0. The Bertz CT molecular complexity index is 1300. The number of carbonyl (C=O) groups excluding carboxylic acids is 1. The lowest BCUT2D eigenvalue weighted by Crippen LogP contribution is -2.34. The number of aryl methyl sites for hydroxylation is 1. The van der Waals surface area contributed by atoms with E-state index in [1.54, 1.807) is 29.5 Å². The molecule has 0 aliphatic carbocycles. The van der Waals surface area contributed by atoms with Crippen LogP contribution in [-0.2, 0) is 0 Å². The summed E-state index contributed by atoms with van der Waals surface area (Å²) >= 11 is 10.4. The van der Waals surface area contributed by atoms with Crippen LogP contribution < -0.4 is 15.4 Å². The number of rotatable bonds is 5. The van der Waals surface area contributed by atoms with Gasteiger partial charge in [-0.25, -0.2) is 4.98 Å². The lowest BCUT2D eigenvalue weighted by atomic mass is 10.2. The topological polar surface area (TPSA) is 63.2 Å². The number of thiazole rings is 1. The minimum atomic E-state index is -0.298. The lowest BCUT2D eigenvalue weighted by Gasteiger charge is -2.11. The molecule has 8 heteroatoms. The highest BCUT2D eigenvalue weighted by molar-refractivity contribution is 9.10. The summed E-state index contributed by atoms with van der Waals surface area (Å²) in [5, 5.41) is 6.94. The third-order valence-electron chi connectivity index (χ3n) is 4.65. The normalized spacial score (nSPS) is 10.7. The maximum absolute atomic E-state index is 12.5. The highest BCUT2D eigenvalue weighted by Crippen LogP contribution is 2.31. The van der Waals surface area contributed by atoms with Crippen LogP contribution in [0.3, 0.4) is 0 Å². The van der Waals surface area contributed by atoms with Gasteiger partial charge in [-0.2, -0.15) is 0 Å². The number of hydrogen-bond donors (Lipinski definition) is 2. The summed E-state index contributed by atoms with van der Waals surface area (Å²) in [4.78, 5) is 17.2. The molecule has 0 saturated carbocycles. The molecular formula is C24H20BrN3O2S2. The molecule has 1 heterocycles. The van der Waals surface area contributed by atoms with Crippen LogP contribution in [0.25, 0.3) is 20.8 Å². The van der Waals surface area contributed by atoms with Crippen LogP contribution in [0.2, 0.25) is 0 Å². The molecule has 0 aliphatic heterocycles. The third kappa shape index (κ3) is 5.15. The molecular weight excluding hydrogens is 506 g/mol. The second kappa shape index (κ2) is 9.77. The first-order chi connectivity index (χ1) is 15.4. The average Bonchev–Trinajstić information content (AvgIpc) is 3.19. The Kier molecular flexibility index (Phi) is 6.83. The van der Waals surface area contributed by atoms with E-state index in [4.69, 9.17) is 21.9 Å². The maximum atomic E-state index is 12.5. The largest absolute Gasteiger partial charge is 0.493 e. The monoisotopic (exact) mass is 525 g/mol. The second-order valence-electron chi connectivity index (χ2n) is 7.05. The average molecular weight is 526 g/mol. The van der Waals surface area contributed by atoms with E-state index in [-0.39, 0.29) is 11.0 Å². The molecule has 0 radical (unpaired) electrons. The zero-order valence-electron chi connectivity index (χ0n) is 17.4. The van der Waals surface area contributed by atoms with E-state index in [0.717, 1.165) is 21.8 Å². The van der Waals surface area contributed by atoms with Gasteiger partial charge in [-0.15, -0.1) is 11.3 Å². The quantitative estimate of drug-likeness (QED) is 0.289. The molecule has 0 saturated heterocycles. The SMILES string of the molecule is CCOc1ccc(C(=O)NC(=S)Nc2ccc(-c3nc4ccc(C)cc4s3)cc2)cc1Br. The molecule has 3 aromatic carbocycles. The number of amides is 1. The highest BCUT2D eigenvalue weighted by Gasteiger charge is 2.12. The van der Waals surface area contributed by atoms with Gasteiger partial charge in [0.05, 0.1) is 21.3 Å². The molecule has 0 unspecified atom stereocenters. The number of aromatic nitrogens is 1. The molecule has 32 heavy (non-hydrogen) atoms. The van der Waals surface area contributed by atoms with E-state index >= 15 is 0 Å². The van der Waals surface area contributed by atoms with Crippen molar-refractivity contribution < 1.29 is 9.53 Å². The molecule has 0 atom stereocenters. The van der Waals surface area contributed by atoms with Crippen LogP contribution in [0, 0.1) is 6.92 Å². The van der Waals surface area contributed by atoms with Gasteiger partial charge >= 0.3 is 0 Å². The van der Waals surface area contributed by atoms with Crippen LogP contribution in [0.5, 0.6) is 5.75 Å². The van der Waals surface area contributed by atoms with Gasteiger partial charge in [0, 0.05) is 16.8 Å². The Hall–Kier alpha value is -2.81. The number of fused-ring (bicyclic) bond motifs is 1. The number of benzene rings is 3. The van der Waals surface area contributed by atoms with Crippen molar-refractivity contribution in [2.24, 2.45) is 0 Å². The van der Waals surface area contributed by atoms with Crippen molar-refractivity contribution in [2.75, 3.05) is 11.9 Å². The molecule has 0 bridgehead atoms. The first-order valence-electron chi connectivity index (χ1n) is 9.95.